The van der Waals surface area contributed by atoms with Crippen molar-refractivity contribution in [2.75, 3.05) is 20.3 Å². The molecule has 0 saturated carbocycles. The maximum absolute atomic E-state index is 6.31. The molecule has 5 heteroatoms. The Balaban J connectivity index is 1.67. The zero-order valence-electron chi connectivity index (χ0n) is 13.1. The Morgan fingerprint density at radius 2 is 1.96 bits per heavy atom. The molecule has 0 radical (unpaired) electrons. The molecular formula is C18H20ClNO3. The van der Waals surface area contributed by atoms with E-state index in [-0.39, 0.29) is 0 Å². The van der Waals surface area contributed by atoms with Crippen LogP contribution in [0, 0.1) is 0 Å². The molecule has 0 aliphatic carbocycles. The summed E-state index contributed by atoms with van der Waals surface area (Å²) in [6, 6.07) is 11.9. The van der Waals surface area contributed by atoms with E-state index in [1.807, 2.05) is 36.4 Å². The molecule has 1 aliphatic heterocycles. The number of ether oxygens (including phenoxy) is 3. The van der Waals surface area contributed by atoms with E-state index < -0.39 is 0 Å². The van der Waals surface area contributed by atoms with Gasteiger partial charge in [0, 0.05) is 25.1 Å². The lowest BCUT2D eigenvalue weighted by molar-refractivity contribution is 0.297. The van der Waals surface area contributed by atoms with Gasteiger partial charge in [-0.3, -0.25) is 0 Å². The van der Waals surface area contributed by atoms with E-state index in [4.69, 9.17) is 25.8 Å². The van der Waals surface area contributed by atoms with Crippen molar-refractivity contribution in [3.8, 4) is 17.2 Å². The van der Waals surface area contributed by atoms with Crippen LogP contribution >= 0.6 is 11.6 Å². The highest BCUT2D eigenvalue weighted by molar-refractivity contribution is 6.32. The van der Waals surface area contributed by atoms with Crippen LogP contribution in [0.25, 0.3) is 0 Å². The molecule has 0 bridgehead atoms. The van der Waals surface area contributed by atoms with E-state index in [2.05, 4.69) is 5.32 Å². The van der Waals surface area contributed by atoms with Gasteiger partial charge in [-0.2, -0.15) is 0 Å². The molecule has 122 valence electrons. The number of fused-ring (bicyclic) bond motifs is 1. The minimum atomic E-state index is 0.596. The summed E-state index contributed by atoms with van der Waals surface area (Å²) in [5, 5.41) is 4.00. The highest BCUT2D eigenvalue weighted by Crippen LogP contribution is 2.37. The smallest absolute Gasteiger partial charge is 0.179 e. The lowest BCUT2D eigenvalue weighted by atomic mass is 10.1. The van der Waals surface area contributed by atoms with Gasteiger partial charge in [-0.25, -0.2) is 0 Å². The van der Waals surface area contributed by atoms with Gasteiger partial charge in [0.1, 0.15) is 5.75 Å². The summed E-state index contributed by atoms with van der Waals surface area (Å²) >= 11 is 6.31. The molecule has 3 rings (SSSR count). The van der Waals surface area contributed by atoms with Crippen LogP contribution in [0.5, 0.6) is 17.2 Å². The first-order valence-electron chi connectivity index (χ1n) is 7.68. The summed E-state index contributed by atoms with van der Waals surface area (Å²) in [5.41, 5.74) is 2.18. The number of nitrogens with one attached hydrogen (secondary N) is 1. The summed E-state index contributed by atoms with van der Waals surface area (Å²) in [6.45, 7) is 2.70. The normalized spacial score (nSPS) is 13.5. The van der Waals surface area contributed by atoms with E-state index in [1.165, 1.54) is 0 Å². The fourth-order valence-corrected chi connectivity index (χ4v) is 2.86. The maximum Gasteiger partial charge on any atom is 0.179 e. The molecule has 1 N–H and O–H groups in total. The second kappa shape index (κ2) is 7.57. The van der Waals surface area contributed by atoms with Gasteiger partial charge < -0.3 is 19.5 Å². The SMILES string of the molecule is COc1ccccc1CNCc1cc(Cl)c2c(c1)OCCCO2. The van der Waals surface area contributed by atoms with Crippen LogP contribution in [0.3, 0.4) is 0 Å². The van der Waals surface area contributed by atoms with Crippen LogP contribution in [-0.2, 0) is 13.1 Å². The van der Waals surface area contributed by atoms with Crippen molar-refractivity contribution in [3.05, 3.63) is 52.5 Å². The molecule has 2 aromatic rings. The largest absolute Gasteiger partial charge is 0.496 e. The van der Waals surface area contributed by atoms with Gasteiger partial charge >= 0.3 is 0 Å². The second-order valence-electron chi connectivity index (χ2n) is 5.37. The zero-order valence-corrected chi connectivity index (χ0v) is 13.9. The fraction of sp³-hybridized carbons (Fsp3) is 0.333. The van der Waals surface area contributed by atoms with Crippen LogP contribution in [0.15, 0.2) is 36.4 Å². The lowest BCUT2D eigenvalue weighted by Gasteiger charge is -2.13. The van der Waals surface area contributed by atoms with Crippen LogP contribution in [0.1, 0.15) is 17.5 Å². The first kappa shape index (κ1) is 16.0. The Morgan fingerprint density at radius 1 is 1.13 bits per heavy atom. The highest BCUT2D eigenvalue weighted by Gasteiger charge is 2.15. The molecule has 0 saturated heterocycles. The van der Waals surface area contributed by atoms with E-state index in [0.717, 1.165) is 35.6 Å². The van der Waals surface area contributed by atoms with Gasteiger partial charge in [0.2, 0.25) is 0 Å². The van der Waals surface area contributed by atoms with Crippen molar-refractivity contribution in [2.24, 2.45) is 0 Å². The van der Waals surface area contributed by atoms with Gasteiger partial charge in [0.15, 0.2) is 11.5 Å². The minimum absolute atomic E-state index is 0.596. The number of hydrogen-bond acceptors (Lipinski definition) is 4. The van der Waals surface area contributed by atoms with E-state index in [0.29, 0.717) is 30.5 Å². The van der Waals surface area contributed by atoms with Gasteiger partial charge in [-0.1, -0.05) is 29.8 Å². The molecule has 0 spiro atoms. The predicted molar refractivity (Wildman–Crippen MR) is 90.6 cm³/mol. The van der Waals surface area contributed by atoms with Gasteiger partial charge in [-0.15, -0.1) is 0 Å². The monoisotopic (exact) mass is 333 g/mol. The van der Waals surface area contributed by atoms with Crippen LogP contribution in [-0.4, -0.2) is 20.3 Å². The second-order valence-corrected chi connectivity index (χ2v) is 5.78. The van der Waals surface area contributed by atoms with Crippen molar-refractivity contribution in [1.82, 2.24) is 5.32 Å². The van der Waals surface area contributed by atoms with Crippen molar-refractivity contribution >= 4 is 11.6 Å². The third-order valence-electron chi connectivity index (χ3n) is 3.70. The minimum Gasteiger partial charge on any atom is -0.496 e. The van der Waals surface area contributed by atoms with Crippen LogP contribution in [0.4, 0.5) is 0 Å². The Hall–Kier alpha value is -1.91. The molecule has 0 atom stereocenters. The molecule has 0 unspecified atom stereocenters. The summed E-state index contributed by atoms with van der Waals surface area (Å²) < 4.78 is 16.7. The van der Waals surface area contributed by atoms with Crippen molar-refractivity contribution < 1.29 is 14.2 Å². The van der Waals surface area contributed by atoms with Gasteiger partial charge in [0.05, 0.1) is 25.3 Å². The Labute approximate surface area is 141 Å². The molecule has 2 aromatic carbocycles. The van der Waals surface area contributed by atoms with Crippen LogP contribution in [0.2, 0.25) is 5.02 Å². The number of hydrogen-bond donors (Lipinski definition) is 1. The zero-order chi connectivity index (χ0) is 16.1. The molecular weight excluding hydrogens is 314 g/mol. The molecule has 0 amide bonds. The quantitative estimate of drug-likeness (QED) is 0.903. The Bertz CT molecular complexity index is 675. The van der Waals surface area contributed by atoms with Gasteiger partial charge in [0.25, 0.3) is 0 Å². The average Bonchev–Trinajstić information content (AvgIpc) is 2.81. The van der Waals surface area contributed by atoms with E-state index >= 15 is 0 Å². The average molecular weight is 334 g/mol. The van der Waals surface area contributed by atoms with Gasteiger partial charge in [-0.05, 0) is 23.8 Å². The molecule has 4 nitrogen and oxygen atoms in total. The molecule has 1 heterocycles. The fourth-order valence-electron chi connectivity index (χ4n) is 2.58. The third-order valence-corrected chi connectivity index (χ3v) is 3.98. The third kappa shape index (κ3) is 3.89. The summed E-state index contributed by atoms with van der Waals surface area (Å²) in [7, 11) is 1.68. The summed E-state index contributed by atoms with van der Waals surface area (Å²) in [6.07, 6.45) is 0.867. The van der Waals surface area contributed by atoms with E-state index in [1.54, 1.807) is 7.11 Å². The Kier molecular flexibility index (Phi) is 5.26. The number of halogens is 1. The van der Waals surface area contributed by atoms with Crippen LogP contribution < -0.4 is 19.5 Å². The number of para-hydroxylation sites is 1. The topological polar surface area (TPSA) is 39.7 Å². The maximum atomic E-state index is 6.31. The van der Waals surface area contributed by atoms with Crippen molar-refractivity contribution in [1.29, 1.82) is 0 Å². The molecule has 0 aromatic heterocycles. The first-order chi connectivity index (χ1) is 11.3. The van der Waals surface area contributed by atoms with E-state index in [9.17, 15) is 0 Å². The molecule has 0 fully saturated rings. The molecule has 23 heavy (non-hydrogen) atoms. The Morgan fingerprint density at radius 3 is 2.83 bits per heavy atom. The standard InChI is InChI=1S/C18H20ClNO3/c1-21-16-6-3-2-5-14(16)12-20-11-13-9-15(19)18-17(10-13)22-7-4-8-23-18/h2-3,5-6,9-10,20H,4,7-8,11-12H2,1H3. The van der Waals surface area contributed by atoms with Crippen molar-refractivity contribution in [2.45, 2.75) is 19.5 Å². The lowest BCUT2D eigenvalue weighted by Crippen LogP contribution is -2.13. The number of rotatable bonds is 5. The highest BCUT2D eigenvalue weighted by atomic mass is 35.5. The number of methoxy groups -OCH3 is 1. The summed E-state index contributed by atoms with van der Waals surface area (Å²) in [5.74, 6) is 2.26. The predicted octanol–water partition coefficient (Wildman–Crippen LogP) is 3.80. The van der Waals surface area contributed by atoms with Crippen molar-refractivity contribution in [3.63, 3.8) is 0 Å². The first-order valence-corrected chi connectivity index (χ1v) is 8.06. The summed E-state index contributed by atoms with van der Waals surface area (Å²) in [4.78, 5) is 0. The molecule has 1 aliphatic rings. The number of benzene rings is 2.